The summed E-state index contributed by atoms with van der Waals surface area (Å²) < 4.78 is 0. The second-order valence-electron chi connectivity index (χ2n) is 3.77. The molecule has 0 aromatic rings. The van der Waals surface area contributed by atoms with Crippen molar-refractivity contribution in [2.75, 3.05) is 32.7 Å². The molecule has 0 radical (unpaired) electrons. The van der Waals surface area contributed by atoms with Crippen molar-refractivity contribution in [2.24, 2.45) is 5.73 Å². The zero-order valence-electron chi connectivity index (χ0n) is 8.76. The average molecular weight is 185 g/mol. The van der Waals surface area contributed by atoms with Crippen LogP contribution in [0.1, 0.15) is 26.2 Å². The third-order valence-electron chi connectivity index (χ3n) is 2.84. The molecular weight excluding hydrogens is 162 g/mol. The smallest absolute Gasteiger partial charge is 0.0220 e. The van der Waals surface area contributed by atoms with Gasteiger partial charge in [-0.25, -0.2) is 0 Å². The molecule has 1 aliphatic heterocycles. The molecule has 3 nitrogen and oxygen atoms in total. The summed E-state index contributed by atoms with van der Waals surface area (Å²) in [5, 5.41) is 3.47. The molecule has 3 heteroatoms. The first-order valence-corrected chi connectivity index (χ1v) is 5.53. The fourth-order valence-electron chi connectivity index (χ4n) is 2.04. The molecule has 3 N–H and O–H groups in total. The zero-order valence-corrected chi connectivity index (χ0v) is 8.76. The van der Waals surface area contributed by atoms with E-state index >= 15 is 0 Å². The molecule has 1 saturated heterocycles. The average Bonchev–Trinajstić information content (AvgIpc) is 2.60. The minimum absolute atomic E-state index is 0.780. The van der Waals surface area contributed by atoms with Crippen molar-refractivity contribution in [3.05, 3.63) is 0 Å². The molecule has 1 fully saturated rings. The van der Waals surface area contributed by atoms with Crippen LogP contribution in [-0.2, 0) is 0 Å². The Kier molecular flexibility index (Phi) is 5.35. The van der Waals surface area contributed by atoms with Gasteiger partial charge in [0.05, 0.1) is 0 Å². The van der Waals surface area contributed by atoms with Crippen molar-refractivity contribution in [3.63, 3.8) is 0 Å². The summed E-state index contributed by atoms with van der Waals surface area (Å²) in [6.45, 7) is 7.76. The topological polar surface area (TPSA) is 41.3 Å². The SMILES string of the molecule is CCN1CCCC1CNCCCN. The van der Waals surface area contributed by atoms with E-state index in [1.165, 1.54) is 25.9 Å². The molecule has 1 atom stereocenters. The second kappa shape index (κ2) is 6.35. The van der Waals surface area contributed by atoms with Gasteiger partial charge in [0.15, 0.2) is 0 Å². The molecule has 78 valence electrons. The Morgan fingerprint density at radius 3 is 3.08 bits per heavy atom. The molecule has 0 bridgehead atoms. The maximum atomic E-state index is 5.43. The van der Waals surface area contributed by atoms with Crippen LogP contribution >= 0.6 is 0 Å². The van der Waals surface area contributed by atoms with Gasteiger partial charge in [-0.05, 0) is 45.4 Å². The standard InChI is InChI=1S/C10H23N3/c1-2-13-8-3-5-10(13)9-12-7-4-6-11/h10,12H,2-9,11H2,1H3. The Morgan fingerprint density at radius 2 is 2.38 bits per heavy atom. The number of rotatable bonds is 6. The van der Waals surface area contributed by atoms with E-state index in [4.69, 9.17) is 5.73 Å². The first kappa shape index (κ1) is 11.0. The minimum atomic E-state index is 0.780. The van der Waals surface area contributed by atoms with Gasteiger partial charge in [-0.2, -0.15) is 0 Å². The van der Waals surface area contributed by atoms with Crippen molar-refractivity contribution in [1.82, 2.24) is 10.2 Å². The molecule has 1 rings (SSSR count). The fraction of sp³-hybridized carbons (Fsp3) is 1.00. The summed E-state index contributed by atoms with van der Waals surface area (Å²) in [5.41, 5.74) is 5.43. The van der Waals surface area contributed by atoms with Gasteiger partial charge in [0.2, 0.25) is 0 Å². The van der Waals surface area contributed by atoms with Crippen molar-refractivity contribution >= 4 is 0 Å². The van der Waals surface area contributed by atoms with E-state index in [0.717, 1.165) is 32.1 Å². The fourth-order valence-corrected chi connectivity index (χ4v) is 2.04. The van der Waals surface area contributed by atoms with Crippen LogP contribution in [0.3, 0.4) is 0 Å². The Balaban J connectivity index is 2.06. The van der Waals surface area contributed by atoms with Gasteiger partial charge >= 0.3 is 0 Å². The van der Waals surface area contributed by atoms with E-state index in [0.29, 0.717) is 0 Å². The summed E-state index contributed by atoms with van der Waals surface area (Å²) in [6, 6.07) is 0.780. The maximum Gasteiger partial charge on any atom is 0.0220 e. The van der Waals surface area contributed by atoms with Crippen LogP contribution in [0.5, 0.6) is 0 Å². The van der Waals surface area contributed by atoms with E-state index in [-0.39, 0.29) is 0 Å². The number of likely N-dealkylation sites (N-methyl/N-ethyl adjacent to an activating group) is 1. The summed E-state index contributed by atoms with van der Waals surface area (Å²) in [5.74, 6) is 0. The Hall–Kier alpha value is -0.120. The largest absolute Gasteiger partial charge is 0.330 e. The molecule has 1 heterocycles. The Bertz CT molecular complexity index is 127. The molecule has 0 amide bonds. The second-order valence-corrected chi connectivity index (χ2v) is 3.77. The van der Waals surface area contributed by atoms with E-state index in [9.17, 15) is 0 Å². The Labute approximate surface area is 81.7 Å². The molecule has 1 unspecified atom stereocenters. The van der Waals surface area contributed by atoms with Crippen LogP contribution in [0.2, 0.25) is 0 Å². The zero-order chi connectivity index (χ0) is 9.52. The predicted molar refractivity (Wildman–Crippen MR) is 56.8 cm³/mol. The lowest BCUT2D eigenvalue weighted by molar-refractivity contribution is 0.260. The van der Waals surface area contributed by atoms with E-state index in [1.807, 2.05) is 0 Å². The van der Waals surface area contributed by atoms with Crippen LogP contribution in [0.4, 0.5) is 0 Å². The number of nitrogens with two attached hydrogens (primary N) is 1. The number of hydrogen-bond donors (Lipinski definition) is 2. The molecule has 0 spiro atoms. The van der Waals surface area contributed by atoms with Crippen molar-refractivity contribution < 1.29 is 0 Å². The molecule has 0 aromatic carbocycles. The highest BCUT2D eigenvalue weighted by atomic mass is 15.2. The van der Waals surface area contributed by atoms with Gasteiger partial charge in [-0.3, -0.25) is 4.90 Å². The molecule has 13 heavy (non-hydrogen) atoms. The number of nitrogens with zero attached hydrogens (tertiary/aromatic N) is 1. The van der Waals surface area contributed by atoms with E-state index in [2.05, 4.69) is 17.1 Å². The molecule has 0 aromatic heterocycles. The van der Waals surface area contributed by atoms with Gasteiger partial charge in [0, 0.05) is 12.6 Å². The van der Waals surface area contributed by atoms with E-state index in [1.54, 1.807) is 0 Å². The summed E-state index contributed by atoms with van der Waals surface area (Å²) in [4.78, 5) is 2.56. The van der Waals surface area contributed by atoms with Gasteiger partial charge in [0.1, 0.15) is 0 Å². The highest BCUT2D eigenvalue weighted by molar-refractivity contribution is 4.79. The van der Waals surface area contributed by atoms with E-state index < -0.39 is 0 Å². The van der Waals surface area contributed by atoms with Crippen LogP contribution in [-0.4, -0.2) is 43.7 Å². The number of hydrogen-bond acceptors (Lipinski definition) is 3. The highest BCUT2D eigenvalue weighted by Gasteiger charge is 2.21. The third kappa shape index (κ3) is 3.63. The van der Waals surface area contributed by atoms with Crippen LogP contribution < -0.4 is 11.1 Å². The first-order chi connectivity index (χ1) is 6.38. The van der Waals surface area contributed by atoms with Crippen LogP contribution in [0.15, 0.2) is 0 Å². The monoisotopic (exact) mass is 185 g/mol. The van der Waals surface area contributed by atoms with Gasteiger partial charge in [0.25, 0.3) is 0 Å². The summed E-state index contributed by atoms with van der Waals surface area (Å²) >= 11 is 0. The molecule has 0 saturated carbocycles. The Morgan fingerprint density at radius 1 is 1.54 bits per heavy atom. The minimum Gasteiger partial charge on any atom is -0.330 e. The summed E-state index contributed by atoms with van der Waals surface area (Å²) in [6.07, 6.45) is 3.83. The highest BCUT2D eigenvalue weighted by Crippen LogP contribution is 2.15. The van der Waals surface area contributed by atoms with Crippen LogP contribution in [0, 0.1) is 0 Å². The van der Waals surface area contributed by atoms with Gasteiger partial charge in [-0.15, -0.1) is 0 Å². The van der Waals surface area contributed by atoms with Crippen molar-refractivity contribution in [1.29, 1.82) is 0 Å². The lowest BCUT2D eigenvalue weighted by Gasteiger charge is -2.22. The lowest BCUT2D eigenvalue weighted by atomic mass is 10.2. The molecular formula is C10H23N3. The predicted octanol–water partition coefficient (Wildman–Crippen LogP) is 0.409. The maximum absolute atomic E-state index is 5.43. The summed E-state index contributed by atoms with van der Waals surface area (Å²) in [7, 11) is 0. The van der Waals surface area contributed by atoms with Crippen molar-refractivity contribution in [2.45, 2.75) is 32.2 Å². The van der Waals surface area contributed by atoms with Crippen LogP contribution in [0.25, 0.3) is 0 Å². The normalized spacial score (nSPS) is 24.0. The first-order valence-electron chi connectivity index (χ1n) is 5.53. The number of likely N-dealkylation sites (tertiary alicyclic amines) is 1. The lowest BCUT2D eigenvalue weighted by Crippen LogP contribution is -2.38. The molecule has 1 aliphatic rings. The quantitative estimate of drug-likeness (QED) is 0.589. The molecule has 0 aliphatic carbocycles. The van der Waals surface area contributed by atoms with Gasteiger partial charge in [-0.1, -0.05) is 6.92 Å². The third-order valence-corrected chi connectivity index (χ3v) is 2.84. The van der Waals surface area contributed by atoms with Gasteiger partial charge < -0.3 is 11.1 Å². The van der Waals surface area contributed by atoms with Crippen molar-refractivity contribution in [3.8, 4) is 0 Å². The number of nitrogens with one attached hydrogen (secondary N) is 1.